The summed E-state index contributed by atoms with van der Waals surface area (Å²) in [6, 6.07) is 7.50. The molecule has 8 heteroatoms. The highest BCUT2D eigenvalue weighted by Gasteiger charge is 2.24. The average Bonchev–Trinajstić information content (AvgIpc) is 2.63. The molecule has 2 aromatic rings. The molecule has 1 heterocycles. The molecule has 6 nitrogen and oxygen atoms in total. The summed E-state index contributed by atoms with van der Waals surface area (Å²) >= 11 is 6.14. The van der Waals surface area contributed by atoms with E-state index in [4.69, 9.17) is 11.6 Å². The zero-order valence-corrected chi connectivity index (χ0v) is 16.5. The third-order valence-corrected chi connectivity index (χ3v) is 6.43. The molecule has 0 spiro atoms. The normalized spacial score (nSPS) is 12.8. The van der Waals surface area contributed by atoms with E-state index in [0.29, 0.717) is 13.1 Å². The minimum atomic E-state index is -3.67. The molecule has 1 unspecified atom stereocenters. The maximum atomic E-state index is 12.7. The number of nitrogens with one attached hydrogen (secondary N) is 1. The molecule has 0 aliphatic rings. The molecular formula is C18H22ClN3O3S. The lowest BCUT2D eigenvalue weighted by atomic mass is 10.1. The van der Waals surface area contributed by atoms with Crippen LogP contribution in [0.1, 0.15) is 42.7 Å². The van der Waals surface area contributed by atoms with Crippen LogP contribution in [-0.2, 0) is 10.0 Å². The topological polar surface area (TPSA) is 79.4 Å². The van der Waals surface area contributed by atoms with E-state index in [2.05, 4.69) is 10.3 Å². The van der Waals surface area contributed by atoms with Crippen molar-refractivity contribution in [3.05, 3.63) is 58.9 Å². The van der Waals surface area contributed by atoms with Gasteiger partial charge in [-0.3, -0.25) is 9.78 Å². The fourth-order valence-corrected chi connectivity index (χ4v) is 4.23. The number of rotatable bonds is 7. The van der Waals surface area contributed by atoms with Gasteiger partial charge in [0, 0.05) is 25.5 Å². The van der Waals surface area contributed by atoms with Crippen molar-refractivity contribution in [2.75, 3.05) is 13.1 Å². The van der Waals surface area contributed by atoms with Gasteiger partial charge in [-0.25, -0.2) is 8.42 Å². The Hall–Kier alpha value is -1.96. The van der Waals surface area contributed by atoms with Gasteiger partial charge in [0.05, 0.1) is 21.5 Å². The minimum Gasteiger partial charge on any atom is -0.345 e. The van der Waals surface area contributed by atoms with Crippen molar-refractivity contribution < 1.29 is 13.2 Å². The summed E-state index contributed by atoms with van der Waals surface area (Å²) in [5.41, 5.74) is 0.958. The summed E-state index contributed by atoms with van der Waals surface area (Å²) in [6.45, 7) is 6.04. The van der Waals surface area contributed by atoms with E-state index in [0.717, 1.165) is 5.56 Å². The number of benzene rings is 1. The number of carbonyl (C=O) groups is 1. The molecular weight excluding hydrogens is 374 g/mol. The van der Waals surface area contributed by atoms with Crippen LogP contribution in [0.3, 0.4) is 0 Å². The lowest BCUT2D eigenvalue weighted by Gasteiger charge is -2.19. The van der Waals surface area contributed by atoms with Gasteiger partial charge in [-0.15, -0.1) is 0 Å². The van der Waals surface area contributed by atoms with E-state index in [9.17, 15) is 13.2 Å². The Morgan fingerprint density at radius 3 is 2.54 bits per heavy atom. The number of pyridine rings is 1. The van der Waals surface area contributed by atoms with Crippen LogP contribution in [-0.4, -0.2) is 36.7 Å². The molecule has 0 fully saturated rings. The number of hydrogen-bond acceptors (Lipinski definition) is 4. The highest BCUT2D eigenvalue weighted by atomic mass is 35.5. The van der Waals surface area contributed by atoms with Gasteiger partial charge < -0.3 is 5.32 Å². The Balaban J connectivity index is 2.31. The van der Waals surface area contributed by atoms with Crippen molar-refractivity contribution in [1.29, 1.82) is 0 Å². The Morgan fingerprint density at radius 2 is 1.96 bits per heavy atom. The van der Waals surface area contributed by atoms with E-state index in [-0.39, 0.29) is 21.5 Å². The number of carbonyl (C=O) groups excluding carboxylic acids is 1. The first-order valence-electron chi connectivity index (χ1n) is 8.31. The van der Waals surface area contributed by atoms with E-state index in [1.54, 1.807) is 32.3 Å². The van der Waals surface area contributed by atoms with Crippen LogP contribution in [0.2, 0.25) is 5.02 Å². The van der Waals surface area contributed by atoms with E-state index in [1.165, 1.54) is 22.5 Å². The van der Waals surface area contributed by atoms with Crippen molar-refractivity contribution in [3.63, 3.8) is 0 Å². The van der Waals surface area contributed by atoms with Gasteiger partial charge in [0.25, 0.3) is 5.91 Å². The second kappa shape index (κ2) is 8.62. The van der Waals surface area contributed by atoms with E-state index >= 15 is 0 Å². The number of nitrogens with zero attached hydrogens (tertiary/aromatic N) is 2. The molecule has 0 bridgehead atoms. The summed E-state index contributed by atoms with van der Waals surface area (Å²) in [5.74, 6) is -0.442. The summed E-state index contributed by atoms with van der Waals surface area (Å²) in [7, 11) is -3.67. The Bertz CT molecular complexity index is 869. The van der Waals surface area contributed by atoms with Gasteiger partial charge in [0.15, 0.2) is 0 Å². The molecule has 1 atom stereocenters. The van der Waals surface area contributed by atoms with Crippen LogP contribution in [0, 0.1) is 0 Å². The van der Waals surface area contributed by atoms with Crippen LogP contribution in [0.25, 0.3) is 0 Å². The Kier molecular flexibility index (Phi) is 6.75. The predicted molar refractivity (Wildman–Crippen MR) is 102 cm³/mol. The zero-order chi connectivity index (χ0) is 19.3. The maximum absolute atomic E-state index is 12.7. The monoisotopic (exact) mass is 395 g/mol. The van der Waals surface area contributed by atoms with Crippen LogP contribution in [0.4, 0.5) is 0 Å². The summed E-state index contributed by atoms with van der Waals surface area (Å²) in [4.78, 5) is 16.7. The van der Waals surface area contributed by atoms with Crippen LogP contribution in [0.15, 0.2) is 47.6 Å². The van der Waals surface area contributed by atoms with Gasteiger partial charge in [0.1, 0.15) is 0 Å². The van der Waals surface area contributed by atoms with Crippen LogP contribution < -0.4 is 5.32 Å². The van der Waals surface area contributed by atoms with Gasteiger partial charge in [-0.1, -0.05) is 31.5 Å². The lowest BCUT2D eigenvalue weighted by Crippen LogP contribution is -2.31. The first-order chi connectivity index (χ1) is 12.3. The molecule has 1 aromatic carbocycles. The van der Waals surface area contributed by atoms with Gasteiger partial charge in [-0.2, -0.15) is 4.31 Å². The molecule has 0 radical (unpaired) electrons. The van der Waals surface area contributed by atoms with E-state index in [1.807, 2.05) is 13.0 Å². The molecule has 140 valence electrons. The molecule has 0 aliphatic heterocycles. The maximum Gasteiger partial charge on any atom is 0.253 e. The van der Waals surface area contributed by atoms with Gasteiger partial charge >= 0.3 is 0 Å². The largest absolute Gasteiger partial charge is 0.345 e. The highest BCUT2D eigenvalue weighted by molar-refractivity contribution is 7.89. The Labute approximate surface area is 159 Å². The summed E-state index contributed by atoms with van der Waals surface area (Å²) in [5, 5.41) is 3.01. The standard InChI is InChI=1S/C18H22ClN3O3S/c1-4-22(5-2)26(24,25)15-8-9-17(19)16(11-15)18(23)21-13(3)14-7-6-10-20-12-14/h6-13H,4-5H2,1-3H3,(H,21,23). The van der Waals surface area contributed by atoms with Crippen molar-refractivity contribution >= 4 is 27.5 Å². The zero-order valence-electron chi connectivity index (χ0n) is 14.9. The second-order valence-corrected chi connectivity index (χ2v) is 8.06. The smallest absolute Gasteiger partial charge is 0.253 e. The minimum absolute atomic E-state index is 0.0461. The van der Waals surface area contributed by atoms with Crippen molar-refractivity contribution in [3.8, 4) is 0 Å². The molecule has 0 saturated heterocycles. The fourth-order valence-electron chi connectivity index (χ4n) is 2.54. The van der Waals surface area contributed by atoms with Crippen molar-refractivity contribution in [2.24, 2.45) is 0 Å². The highest BCUT2D eigenvalue weighted by Crippen LogP contribution is 2.24. The summed E-state index contributed by atoms with van der Waals surface area (Å²) < 4.78 is 26.7. The van der Waals surface area contributed by atoms with Gasteiger partial charge in [-0.05, 0) is 36.8 Å². The van der Waals surface area contributed by atoms with Crippen molar-refractivity contribution in [1.82, 2.24) is 14.6 Å². The SMILES string of the molecule is CCN(CC)S(=O)(=O)c1ccc(Cl)c(C(=O)NC(C)c2cccnc2)c1. The van der Waals surface area contributed by atoms with Gasteiger partial charge in [0.2, 0.25) is 10.0 Å². The number of hydrogen-bond donors (Lipinski definition) is 1. The molecule has 26 heavy (non-hydrogen) atoms. The molecule has 1 amide bonds. The summed E-state index contributed by atoms with van der Waals surface area (Å²) in [6.07, 6.45) is 3.31. The fraction of sp³-hybridized carbons (Fsp3) is 0.333. The van der Waals surface area contributed by atoms with E-state index < -0.39 is 15.9 Å². The Morgan fingerprint density at radius 1 is 1.27 bits per heavy atom. The molecule has 0 saturated carbocycles. The first-order valence-corrected chi connectivity index (χ1v) is 10.1. The number of halogens is 1. The second-order valence-electron chi connectivity index (χ2n) is 5.71. The van der Waals surface area contributed by atoms with Crippen molar-refractivity contribution in [2.45, 2.75) is 31.7 Å². The number of aromatic nitrogens is 1. The average molecular weight is 396 g/mol. The molecule has 2 rings (SSSR count). The third kappa shape index (κ3) is 4.41. The third-order valence-electron chi connectivity index (χ3n) is 4.06. The quantitative estimate of drug-likeness (QED) is 0.780. The molecule has 1 aromatic heterocycles. The van der Waals surface area contributed by atoms with Crippen LogP contribution >= 0.6 is 11.6 Å². The predicted octanol–water partition coefficient (Wildman–Crippen LogP) is 3.26. The molecule has 1 N–H and O–H groups in total. The number of amides is 1. The number of sulfonamides is 1. The first kappa shape index (κ1) is 20.4. The molecule has 0 aliphatic carbocycles. The van der Waals surface area contributed by atoms with Crippen LogP contribution in [0.5, 0.6) is 0 Å². The lowest BCUT2D eigenvalue weighted by molar-refractivity contribution is 0.0940.